The Morgan fingerprint density at radius 1 is 0.762 bits per heavy atom. The van der Waals surface area contributed by atoms with Crippen molar-refractivity contribution in [2.24, 2.45) is 0 Å². The second kappa shape index (κ2) is 13.9. The molecule has 0 aliphatic carbocycles. The van der Waals surface area contributed by atoms with E-state index in [-0.39, 0.29) is 0 Å². The normalized spacial score (nSPS) is 44.9. The molecule has 3 heterocycles. The number of hydrogen-bond donors (Lipinski definition) is 11. The van der Waals surface area contributed by atoms with Gasteiger partial charge in [-0.3, -0.25) is 9.35 Å². The zero-order chi connectivity index (χ0) is 31.7. The Labute approximate surface area is 236 Å². The molecule has 3 aliphatic heterocycles. The number of nitrogens with one attached hydrogen (secondary N) is 1. The van der Waals surface area contributed by atoms with Crippen molar-refractivity contribution in [3.05, 3.63) is 0 Å². The topological polar surface area (TPSA) is 338 Å². The lowest BCUT2D eigenvalue weighted by Gasteiger charge is -2.48. The summed E-state index contributed by atoms with van der Waals surface area (Å²) in [4.78, 5) is 23.1. The molecule has 0 aromatic heterocycles. The minimum atomic E-state index is -5.38. The molecule has 3 fully saturated rings. The SMILES string of the molecule is CC(=O)N[C@H]1C(O)O[C@H](CO)[C@@H](O[C@@H]2O[C@H](CO)[C@H](O)[C@H](O[C@@H]3O[C@H](C(=O)O)[C@@H](O)[C@H](OS(=O)(=O)O)[C@H]3O)[C@H]2O)[C@@H]1O. The highest BCUT2D eigenvalue weighted by Gasteiger charge is 2.55. The maximum atomic E-state index is 11.6. The third-order valence-electron chi connectivity index (χ3n) is 6.67. The van der Waals surface area contributed by atoms with Crippen molar-refractivity contribution >= 4 is 22.3 Å². The van der Waals surface area contributed by atoms with Gasteiger partial charge in [-0.25, -0.2) is 8.98 Å². The zero-order valence-corrected chi connectivity index (χ0v) is 22.4. The smallest absolute Gasteiger partial charge is 0.397 e. The minimum absolute atomic E-state index is 0.694. The van der Waals surface area contributed by atoms with Crippen LogP contribution in [-0.4, -0.2) is 176 Å². The lowest BCUT2D eigenvalue weighted by Crippen LogP contribution is -2.68. The van der Waals surface area contributed by atoms with Crippen molar-refractivity contribution in [1.82, 2.24) is 5.32 Å². The number of aliphatic carboxylic acids is 1. The number of rotatable bonds is 10. The molecule has 3 rings (SSSR count). The van der Waals surface area contributed by atoms with Crippen molar-refractivity contribution in [2.75, 3.05) is 13.2 Å². The third-order valence-corrected chi connectivity index (χ3v) is 7.13. The molecule has 0 aromatic rings. The number of carbonyl (C=O) groups is 2. The fourth-order valence-electron chi connectivity index (χ4n) is 4.68. The maximum Gasteiger partial charge on any atom is 0.397 e. The lowest BCUT2D eigenvalue weighted by molar-refractivity contribution is -0.372. The average molecular weight is 640 g/mol. The molecule has 0 bridgehead atoms. The van der Waals surface area contributed by atoms with E-state index in [0.717, 1.165) is 6.92 Å². The van der Waals surface area contributed by atoms with E-state index in [1.807, 2.05) is 0 Å². The minimum Gasteiger partial charge on any atom is -0.479 e. The second-order valence-corrected chi connectivity index (χ2v) is 10.7. The lowest BCUT2D eigenvalue weighted by atomic mass is 9.95. The molecule has 22 heteroatoms. The van der Waals surface area contributed by atoms with Crippen molar-refractivity contribution in [1.29, 1.82) is 0 Å². The Morgan fingerprint density at radius 3 is 1.83 bits per heavy atom. The number of hydrogen-bond acceptors (Lipinski definition) is 18. The van der Waals surface area contributed by atoms with Crippen LogP contribution in [0.1, 0.15) is 6.92 Å². The van der Waals surface area contributed by atoms with Gasteiger partial charge in [0.05, 0.1) is 13.2 Å². The molecule has 0 radical (unpaired) electrons. The van der Waals surface area contributed by atoms with Crippen LogP contribution in [0.4, 0.5) is 0 Å². The van der Waals surface area contributed by atoms with Crippen LogP contribution in [0.5, 0.6) is 0 Å². The Kier molecular flexibility index (Phi) is 11.5. The molecule has 11 N–H and O–H groups in total. The van der Waals surface area contributed by atoms with Crippen LogP contribution in [0.2, 0.25) is 0 Å². The molecular weight excluding hydrogens is 606 g/mol. The van der Waals surface area contributed by atoms with E-state index < -0.39 is 128 Å². The number of carboxylic acid groups (broad SMARTS) is 1. The molecule has 21 nitrogen and oxygen atoms in total. The molecule has 1 unspecified atom stereocenters. The summed E-state index contributed by atoms with van der Waals surface area (Å²) in [6.45, 7) is -0.762. The monoisotopic (exact) mass is 639 g/mol. The number of aliphatic hydroxyl groups excluding tert-OH is 8. The van der Waals surface area contributed by atoms with Gasteiger partial charge in [-0.1, -0.05) is 0 Å². The van der Waals surface area contributed by atoms with E-state index in [0.29, 0.717) is 0 Å². The number of carboxylic acids is 1. The van der Waals surface area contributed by atoms with E-state index in [1.54, 1.807) is 0 Å². The Bertz CT molecular complexity index is 1050. The summed E-state index contributed by atoms with van der Waals surface area (Å²) in [5, 5.41) is 94.1. The van der Waals surface area contributed by atoms with Gasteiger partial charge in [0.2, 0.25) is 5.91 Å². The Morgan fingerprint density at radius 2 is 1.31 bits per heavy atom. The van der Waals surface area contributed by atoms with Gasteiger partial charge in [0, 0.05) is 6.92 Å². The van der Waals surface area contributed by atoms with E-state index in [2.05, 4.69) is 9.50 Å². The molecular formula is C20H33NO20S. The maximum absolute atomic E-state index is 11.6. The average Bonchev–Trinajstić information content (AvgIpc) is 2.89. The Hall–Kier alpha value is -1.71. The van der Waals surface area contributed by atoms with E-state index in [4.69, 9.17) is 28.2 Å². The molecule has 3 aliphatic rings. The van der Waals surface area contributed by atoms with Crippen LogP contribution < -0.4 is 5.32 Å². The van der Waals surface area contributed by atoms with Gasteiger partial charge >= 0.3 is 16.4 Å². The first-order valence-corrected chi connectivity index (χ1v) is 13.6. The van der Waals surface area contributed by atoms with Crippen LogP contribution >= 0.6 is 0 Å². The van der Waals surface area contributed by atoms with Crippen LogP contribution in [0.3, 0.4) is 0 Å². The molecule has 244 valence electrons. The second-order valence-electron chi connectivity index (χ2n) is 9.61. The summed E-state index contributed by atoms with van der Waals surface area (Å²) in [7, 11) is -5.38. The van der Waals surface area contributed by atoms with Gasteiger partial charge in [0.25, 0.3) is 0 Å². The number of carbonyl (C=O) groups excluding carboxylic acids is 1. The van der Waals surface area contributed by atoms with Crippen LogP contribution in [0.15, 0.2) is 0 Å². The van der Waals surface area contributed by atoms with Crippen molar-refractivity contribution < 1.29 is 96.4 Å². The van der Waals surface area contributed by atoms with Crippen LogP contribution in [0.25, 0.3) is 0 Å². The molecule has 0 saturated carbocycles. The van der Waals surface area contributed by atoms with Gasteiger partial charge < -0.3 is 75.0 Å². The summed E-state index contributed by atoms with van der Waals surface area (Å²) in [6, 6.07) is -1.49. The van der Waals surface area contributed by atoms with E-state index in [1.165, 1.54) is 0 Å². The zero-order valence-electron chi connectivity index (χ0n) is 21.5. The van der Waals surface area contributed by atoms with Gasteiger partial charge in [-0.05, 0) is 0 Å². The summed E-state index contributed by atoms with van der Waals surface area (Å²) < 4.78 is 62.0. The quantitative estimate of drug-likeness (QED) is 0.0988. The van der Waals surface area contributed by atoms with Crippen molar-refractivity contribution in [3.63, 3.8) is 0 Å². The molecule has 0 spiro atoms. The van der Waals surface area contributed by atoms with Gasteiger partial charge in [0.15, 0.2) is 25.0 Å². The predicted octanol–water partition coefficient (Wildman–Crippen LogP) is -7.51. The molecule has 1 amide bonds. The number of ether oxygens (including phenoxy) is 5. The van der Waals surface area contributed by atoms with Crippen molar-refractivity contribution in [2.45, 2.75) is 99.0 Å². The van der Waals surface area contributed by atoms with E-state index >= 15 is 0 Å². The predicted molar refractivity (Wildman–Crippen MR) is 124 cm³/mol. The highest BCUT2D eigenvalue weighted by Crippen LogP contribution is 2.33. The molecule has 0 aromatic carbocycles. The highest BCUT2D eigenvalue weighted by molar-refractivity contribution is 7.80. The van der Waals surface area contributed by atoms with Gasteiger partial charge in [-0.2, -0.15) is 8.42 Å². The first-order chi connectivity index (χ1) is 19.5. The largest absolute Gasteiger partial charge is 0.479 e. The first kappa shape index (κ1) is 34.8. The summed E-state index contributed by atoms with van der Waals surface area (Å²) in [5.74, 6) is -2.59. The number of amides is 1. The van der Waals surface area contributed by atoms with Gasteiger partial charge in [0.1, 0.15) is 67.1 Å². The summed E-state index contributed by atoms with van der Waals surface area (Å²) >= 11 is 0. The third kappa shape index (κ3) is 7.68. The van der Waals surface area contributed by atoms with Crippen LogP contribution in [-0.2, 0) is 47.9 Å². The van der Waals surface area contributed by atoms with Gasteiger partial charge in [-0.15, -0.1) is 0 Å². The van der Waals surface area contributed by atoms with Crippen molar-refractivity contribution in [3.8, 4) is 0 Å². The molecule has 3 saturated heterocycles. The van der Waals surface area contributed by atoms with E-state index in [9.17, 15) is 64.0 Å². The molecule has 42 heavy (non-hydrogen) atoms. The number of aliphatic hydroxyl groups is 8. The standard InChI is InChI=1S/C20H33NO20S/c1-4(24)21-7-9(26)13(6(3-23)36-18(7)32)38-19-11(28)14(8(25)5(2-22)37-19)39-20-12(29)15(41-42(33,34)35)10(27)16(40-20)17(30)31/h5-16,18-20,22-23,25-29,32H,2-3H2,1H3,(H,21,24)(H,30,31)(H,33,34,35)/t5-,6-,7-,8+,9-,10+,11-,12-,13-,14+,15+,16+,18?,19+,20-/m1/s1. The highest BCUT2D eigenvalue weighted by atomic mass is 32.3. The summed E-state index contributed by atoms with van der Waals surface area (Å²) in [5.41, 5.74) is 0. The first-order valence-electron chi connectivity index (χ1n) is 12.2. The van der Waals surface area contributed by atoms with Crippen LogP contribution in [0, 0.1) is 0 Å². The molecule has 15 atom stereocenters. The summed E-state index contributed by atoms with van der Waals surface area (Å²) in [6.07, 6.45) is -28.2. The Balaban J connectivity index is 1.87. The fraction of sp³-hybridized carbons (Fsp3) is 0.900. The fourth-order valence-corrected chi connectivity index (χ4v) is 5.19.